The summed E-state index contributed by atoms with van der Waals surface area (Å²) in [5, 5.41) is 0.796. The topological polar surface area (TPSA) is 42.2 Å². The molecule has 21 heavy (non-hydrogen) atoms. The lowest BCUT2D eigenvalue weighted by molar-refractivity contribution is 0.250. The maximum atomic E-state index is 6.28. The number of benzene rings is 1. The molecule has 3 nitrogen and oxygen atoms in total. The number of pyridine rings is 1. The molecule has 1 aromatic heterocycles. The van der Waals surface area contributed by atoms with E-state index in [2.05, 4.69) is 29.9 Å². The van der Waals surface area contributed by atoms with E-state index in [0.717, 1.165) is 39.6 Å². The molecule has 1 atom stereocenters. The molecular weight excluding hydrogens is 282 g/mol. The number of halogens is 1. The van der Waals surface area contributed by atoms with Gasteiger partial charge < -0.3 is 5.73 Å². The van der Waals surface area contributed by atoms with Gasteiger partial charge in [0.2, 0.25) is 0 Å². The highest BCUT2D eigenvalue weighted by Gasteiger charge is 2.16. The predicted molar refractivity (Wildman–Crippen MR) is 89.5 cm³/mol. The summed E-state index contributed by atoms with van der Waals surface area (Å²) in [6.07, 6.45) is 1.84. The summed E-state index contributed by atoms with van der Waals surface area (Å²) in [4.78, 5) is 6.75. The standard InChI is InChI=1S/C17H22ClN3/c1-11-9-20-16(12(2)17(11)19)10-21(4)13(3)14-7-5-6-8-15(14)18/h5-9,13H,10H2,1-4H3,(H2,19,20). The Hall–Kier alpha value is -1.58. The maximum Gasteiger partial charge on any atom is 0.0593 e. The Balaban J connectivity index is 2.20. The highest BCUT2D eigenvalue weighted by atomic mass is 35.5. The summed E-state index contributed by atoms with van der Waals surface area (Å²) >= 11 is 6.28. The number of anilines is 1. The molecule has 0 spiro atoms. The largest absolute Gasteiger partial charge is 0.398 e. The number of hydrogen-bond acceptors (Lipinski definition) is 3. The number of aromatic nitrogens is 1. The lowest BCUT2D eigenvalue weighted by atomic mass is 10.1. The molecule has 0 fully saturated rings. The SMILES string of the molecule is Cc1cnc(CN(C)C(C)c2ccccc2Cl)c(C)c1N. The Morgan fingerprint density at radius 3 is 2.62 bits per heavy atom. The zero-order valence-electron chi connectivity index (χ0n) is 13.0. The number of rotatable bonds is 4. The van der Waals surface area contributed by atoms with Crippen LogP contribution in [0.5, 0.6) is 0 Å². The molecule has 0 aliphatic heterocycles. The first-order chi connectivity index (χ1) is 9.91. The summed E-state index contributed by atoms with van der Waals surface area (Å²) in [7, 11) is 2.07. The van der Waals surface area contributed by atoms with Crippen LogP contribution in [0.4, 0.5) is 5.69 Å². The van der Waals surface area contributed by atoms with E-state index in [0.29, 0.717) is 0 Å². The van der Waals surface area contributed by atoms with E-state index in [1.54, 1.807) is 0 Å². The van der Waals surface area contributed by atoms with E-state index in [9.17, 15) is 0 Å². The van der Waals surface area contributed by atoms with Crippen LogP contribution in [0.25, 0.3) is 0 Å². The molecule has 0 amide bonds. The predicted octanol–water partition coefficient (Wildman–Crippen LogP) is 4.13. The summed E-state index contributed by atoms with van der Waals surface area (Å²) in [5.74, 6) is 0. The minimum Gasteiger partial charge on any atom is -0.398 e. The first-order valence-corrected chi connectivity index (χ1v) is 7.44. The van der Waals surface area contributed by atoms with Gasteiger partial charge in [-0.3, -0.25) is 9.88 Å². The van der Waals surface area contributed by atoms with Crippen molar-refractivity contribution in [2.45, 2.75) is 33.4 Å². The van der Waals surface area contributed by atoms with E-state index in [4.69, 9.17) is 17.3 Å². The molecule has 0 aliphatic carbocycles. The van der Waals surface area contributed by atoms with Gasteiger partial charge in [-0.05, 0) is 50.6 Å². The van der Waals surface area contributed by atoms with E-state index in [-0.39, 0.29) is 6.04 Å². The molecule has 2 N–H and O–H groups in total. The van der Waals surface area contributed by atoms with Gasteiger partial charge in [-0.25, -0.2) is 0 Å². The summed E-state index contributed by atoms with van der Waals surface area (Å²) in [5.41, 5.74) is 11.1. The Morgan fingerprint density at radius 2 is 1.95 bits per heavy atom. The highest BCUT2D eigenvalue weighted by Crippen LogP contribution is 2.28. The van der Waals surface area contributed by atoms with Gasteiger partial charge >= 0.3 is 0 Å². The van der Waals surface area contributed by atoms with Crippen LogP contribution in [0.3, 0.4) is 0 Å². The molecule has 0 saturated heterocycles. The average molecular weight is 304 g/mol. The number of nitrogens with zero attached hydrogens (tertiary/aromatic N) is 2. The average Bonchev–Trinajstić information content (AvgIpc) is 2.47. The fourth-order valence-electron chi connectivity index (χ4n) is 2.38. The molecule has 1 aromatic carbocycles. The van der Waals surface area contributed by atoms with Gasteiger partial charge in [-0.1, -0.05) is 29.8 Å². The third kappa shape index (κ3) is 3.36. The van der Waals surface area contributed by atoms with Gasteiger partial charge in [-0.2, -0.15) is 0 Å². The zero-order chi connectivity index (χ0) is 15.6. The van der Waals surface area contributed by atoms with Crippen LogP contribution in [-0.2, 0) is 6.54 Å². The first kappa shape index (κ1) is 15.8. The molecule has 1 unspecified atom stereocenters. The minimum absolute atomic E-state index is 0.211. The third-order valence-electron chi connectivity index (χ3n) is 4.09. The molecule has 2 rings (SSSR count). The monoisotopic (exact) mass is 303 g/mol. The second-order valence-electron chi connectivity index (χ2n) is 5.54. The molecule has 112 valence electrons. The number of nitrogen functional groups attached to an aromatic ring is 1. The van der Waals surface area contributed by atoms with E-state index < -0.39 is 0 Å². The number of nitrogens with two attached hydrogens (primary N) is 1. The summed E-state index contributed by atoms with van der Waals surface area (Å²) in [6.45, 7) is 6.89. The molecule has 2 aromatic rings. The second-order valence-corrected chi connectivity index (χ2v) is 5.95. The van der Waals surface area contributed by atoms with Crippen LogP contribution in [0.2, 0.25) is 5.02 Å². The first-order valence-electron chi connectivity index (χ1n) is 7.07. The number of aryl methyl sites for hydroxylation is 1. The van der Waals surface area contributed by atoms with Gasteiger partial charge in [0, 0.05) is 29.5 Å². The van der Waals surface area contributed by atoms with Crippen LogP contribution in [0.1, 0.15) is 35.3 Å². The van der Waals surface area contributed by atoms with Crippen molar-refractivity contribution in [3.8, 4) is 0 Å². The molecular formula is C17H22ClN3. The van der Waals surface area contributed by atoms with Crippen molar-refractivity contribution < 1.29 is 0 Å². The van der Waals surface area contributed by atoms with E-state index >= 15 is 0 Å². The maximum absolute atomic E-state index is 6.28. The van der Waals surface area contributed by atoms with Gasteiger partial charge in [0.1, 0.15) is 0 Å². The van der Waals surface area contributed by atoms with Crippen LogP contribution in [0, 0.1) is 13.8 Å². The van der Waals surface area contributed by atoms with Crippen molar-refractivity contribution in [3.05, 3.63) is 57.9 Å². The van der Waals surface area contributed by atoms with Gasteiger partial charge in [0.05, 0.1) is 5.69 Å². The van der Waals surface area contributed by atoms with Gasteiger partial charge in [0.25, 0.3) is 0 Å². The van der Waals surface area contributed by atoms with Gasteiger partial charge in [0.15, 0.2) is 0 Å². The second kappa shape index (κ2) is 6.46. The Labute approximate surface area is 131 Å². The van der Waals surface area contributed by atoms with Gasteiger partial charge in [-0.15, -0.1) is 0 Å². The highest BCUT2D eigenvalue weighted by molar-refractivity contribution is 6.31. The third-order valence-corrected chi connectivity index (χ3v) is 4.44. The summed E-state index contributed by atoms with van der Waals surface area (Å²) in [6, 6.07) is 8.16. The van der Waals surface area contributed by atoms with Crippen LogP contribution in [0.15, 0.2) is 30.5 Å². The van der Waals surface area contributed by atoms with Crippen LogP contribution < -0.4 is 5.73 Å². The Kier molecular flexibility index (Phi) is 4.86. The molecule has 0 radical (unpaired) electrons. The van der Waals surface area contributed by atoms with E-state index in [1.807, 2.05) is 38.2 Å². The lowest BCUT2D eigenvalue weighted by Gasteiger charge is -2.26. The van der Waals surface area contributed by atoms with Crippen molar-refractivity contribution in [2.24, 2.45) is 0 Å². The molecule has 0 saturated carbocycles. The van der Waals surface area contributed by atoms with Crippen molar-refractivity contribution in [1.82, 2.24) is 9.88 Å². The Morgan fingerprint density at radius 1 is 1.29 bits per heavy atom. The fourth-order valence-corrected chi connectivity index (χ4v) is 2.67. The normalized spacial score (nSPS) is 12.7. The molecule has 4 heteroatoms. The molecule has 0 aliphatic rings. The van der Waals surface area contributed by atoms with Crippen molar-refractivity contribution in [3.63, 3.8) is 0 Å². The molecule has 1 heterocycles. The smallest absolute Gasteiger partial charge is 0.0593 e. The zero-order valence-corrected chi connectivity index (χ0v) is 13.8. The fraction of sp³-hybridized carbons (Fsp3) is 0.353. The van der Waals surface area contributed by atoms with E-state index in [1.165, 1.54) is 0 Å². The molecule has 0 bridgehead atoms. The Bertz CT molecular complexity index is 640. The number of hydrogen-bond donors (Lipinski definition) is 1. The van der Waals surface area contributed by atoms with Crippen molar-refractivity contribution in [1.29, 1.82) is 0 Å². The van der Waals surface area contributed by atoms with Crippen molar-refractivity contribution >= 4 is 17.3 Å². The minimum atomic E-state index is 0.211. The van der Waals surface area contributed by atoms with Crippen LogP contribution in [-0.4, -0.2) is 16.9 Å². The van der Waals surface area contributed by atoms with Crippen LogP contribution >= 0.6 is 11.6 Å². The summed E-state index contributed by atoms with van der Waals surface area (Å²) < 4.78 is 0. The quantitative estimate of drug-likeness (QED) is 0.923. The lowest BCUT2D eigenvalue weighted by Crippen LogP contribution is -2.23. The van der Waals surface area contributed by atoms with Crippen molar-refractivity contribution in [2.75, 3.05) is 12.8 Å².